The molecular weight excluding hydrogens is 432 g/mol. The van der Waals surface area contributed by atoms with Crippen molar-refractivity contribution in [2.75, 3.05) is 0 Å². The zero-order valence-corrected chi connectivity index (χ0v) is 16.3. The van der Waals surface area contributed by atoms with Gasteiger partial charge >= 0.3 is 0 Å². The van der Waals surface area contributed by atoms with Gasteiger partial charge in [0.05, 0.1) is 0 Å². The zero-order valence-electron chi connectivity index (χ0n) is 13.1. The van der Waals surface area contributed by atoms with Crippen LogP contribution in [0.25, 0.3) is 0 Å². The molecule has 0 aliphatic heterocycles. The molecule has 1 fully saturated rings. The molecule has 5 rings (SSSR count). The Balaban J connectivity index is 1.91. The maximum absolute atomic E-state index is 10.8. The third-order valence-electron chi connectivity index (χ3n) is 6.59. The molecule has 0 amide bonds. The van der Waals surface area contributed by atoms with Gasteiger partial charge in [-0.3, -0.25) is 0 Å². The van der Waals surface area contributed by atoms with E-state index in [1.165, 1.54) is 17.5 Å². The van der Waals surface area contributed by atoms with Crippen molar-refractivity contribution in [3.63, 3.8) is 0 Å². The van der Waals surface area contributed by atoms with Gasteiger partial charge in [0.15, 0.2) is 0 Å². The summed E-state index contributed by atoms with van der Waals surface area (Å²) in [7, 11) is 0. The summed E-state index contributed by atoms with van der Waals surface area (Å²) in [6.45, 7) is 0. The van der Waals surface area contributed by atoms with E-state index >= 15 is 0 Å². The van der Waals surface area contributed by atoms with E-state index in [1.54, 1.807) is 12.1 Å². The second-order valence-corrected chi connectivity index (χ2v) is 9.15. The Morgan fingerprint density at radius 2 is 1.25 bits per heavy atom. The summed E-state index contributed by atoms with van der Waals surface area (Å²) in [5.41, 5.74) is 4.38. The molecule has 3 aliphatic rings. The minimum Gasteiger partial charge on any atom is -0.508 e. The van der Waals surface area contributed by atoms with Gasteiger partial charge in [-0.15, -0.1) is 0 Å². The molecule has 2 aromatic carbocycles. The summed E-state index contributed by atoms with van der Waals surface area (Å²) in [5.74, 6) is 1.68. The monoisotopic (exact) mass is 448 g/mol. The van der Waals surface area contributed by atoms with Gasteiger partial charge in [0.25, 0.3) is 0 Å². The Hall–Kier alpha value is -1.00. The standard InChI is InChI=1S/C20H18Br2O2/c21-14-4-6-16(23)18-12(14)8-10-2-1-3-11-9-13-15(22)5-7-17(24)19(13)20(10,11)18/h4-7,10-11,23-24H,1-3,8-9H2/t10-,11?,20?/m0/s1. The number of aromatic hydroxyl groups is 2. The van der Waals surface area contributed by atoms with Crippen molar-refractivity contribution in [1.82, 2.24) is 0 Å². The van der Waals surface area contributed by atoms with Gasteiger partial charge in [-0.1, -0.05) is 38.3 Å². The SMILES string of the molecule is Oc1ccc(Br)c2c1C13c4c(O)ccc(Br)c4C[C@@H]1CCCC3C2. The van der Waals surface area contributed by atoms with Gasteiger partial charge in [-0.25, -0.2) is 0 Å². The predicted octanol–water partition coefficient (Wildman–Crippen LogP) is 5.44. The second kappa shape index (κ2) is 5.01. The molecule has 2 nitrogen and oxygen atoms in total. The highest BCUT2D eigenvalue weighted by molar-refractivity contribution is 9.10. The fourth-order valence-corrected chi connectivity index (χ4v) is 6.89. The smallest absolute Gasteiger partial charge is 0.120 e. The van der Waals surface area contributed by atoms with Crippen LogP contribution >= 0.6 is 31.9 Å². The number of hydrogen-bond donors (Lipinski definition) is 2. The molecule has 0 saturated heterocycles. The third kappa shape index (κ3) is 1.67. The lowest BCUT2D eigenvalue weighted by Gasteiger charge is -2.43. The summed E-state index contributed by atoms with van der Waals surface area (Å²) in [4.78, 5) is 0. The molecule has 3 aliphatic carbocycles. The molecule has 3 atom stereocenters. The summed E-state index contributed by atoms with van der Waals surface area (Å²) < 4.78 is 2.17. The molecule has 4 heteroatoms. The first-order chi connectivity index (χ1) is 11.5. The number of benzene rings is 2. The van der Waals surface area contributed by atoms with Crippen molar-refractivity contribution in [3.05, 3.63) is 55.5 Å². The van der Waals surface area contributed by atoms with E-state index in [2.05, 4.69) is 31.9 Å². The Bertz CT molecular complexity index is 803. The van der Waals surface area contributed by atoms with Crippen LogP contribution in [0, 0.1) is 11.8 Å². The van der Waals surface area contributed by atoms with E-state index in [4.69, 9.17) is 0 Å². The van der Waals surface area contributed by atoms with Crippen LogP contribution in [-0.2, 0) is 18.3 Å². The number of rotatable bonds is 0. The Morgan fingerprint density at radius 3 is 1.71 bits per heavy atom. The average Bonchev–Trinajstić information content (AvgIpc) is 3.10. The number of hydrogen-bond acceptors (Lipinski definition) is 2. The van der Waals surface area contributed by atoms with Crippen LogP contribution in [0.3, 0.4) is 0 Å². The van der Waals surface area contributed by atoms with E-state index in [1.807, 2.05) is 12.1 Å². The molecule has 0 aromatic heterocycles. The van der Waals surface area contributed by atoms with Crippen molar-refractivity contribution in [2.45, 2.75) is 37.5 Å². The summed E-state index contributed by atoms with van der Waals surface area (Å²) >= 11 is 7.40. The second-order valence-electron chi connectivity index (χ2n) is 7.44. The Morgan fingerprint density at radius 1 is 0.792 bits per heavy atom. The maximum Gasteiger partial charge on any atom is 0.120 e. The topological polar surface area (TPSA) is 40.5 Å². The quantitative estimate of drug-likeness (QED) is 0.562. The van der Waals surface area contributed by atoms with Crippen LogP contribution in [0.5, 0.6) is 11.5 Å². The predicted molar refractivity (Wildman–Crippen MR) is 101 cm³/mol. The average molecular weight is 450 g/mol. The van der Waals surface area contributed by atoms with Crippen molar-refractivity contribution in [3.8, 4) is 11.5 Å². The van der Waals surface area contributed by atoms with E-state index in [-0.39, 0.29) is 5.41 Å². The molecule has 2 N–H and O–H groups in total. The molecule has 2 unspecified atom stereocenters. The minimum atomic E-state index is -0.232. The van der Waals surface area contributed by atoms with Gasteiger partial charge in [0.2, 0.25) is 0 Å². The first-order valence-corrected chi connectivity index (χ1v) is 10.1. The van der Waals surface area contributed by atoms with Crippen molar-refractivity contribution in [1.29, 1.82) is 0 Å². The van der Waals surface area contributed by atoms with Crippen LogP contribution in [-0.4, -0.2) is 10.2 Å². The number of phenolic OH excluding ortho intramolecular Hbond substituents is 2. The lowest BCUT2D eigenvalue weighted by atomic mass is 9.59. The molecule has 0 radical (unpaired) electrons. The van der Waals surface area contributed by atoms with Crippen LogP contribution in [0.4, 0.5) is 0 Å². The maximum atomic E-state index is 10.8. The summed E-state index contributed by atoms with van der Waals surface area (Å²) in [6, 6.07) is 7.51. The lowest BCUT2D eigenvalue weighted by Crippen LogP contribution is -2.41. The normalized spacial score (nSPS) is 29.8. The highest BCUT2D eigenvalue weighted by atomic mass is 79.9. The van der Waals surface area contributed by atoms with Gasteiger partial charge < -0.3 is 10.2 Å². The highest BCUT2D eigenvalue weighted by Gasteiger charge is 2.60. The van der Waals surface area contributed by atoms with E-state index in [9.17, 15) is 10.2 Å². The fraction of sp³-hybridized carbons (Fsp3) is 0.400. The number of halogens is 2. The first kappa shape index (κ1) is 15.3. The molecular formula is C20H18Br2O2. The lowest BCUT2D eigenvalue weighted by molar-refractivity contribution is 0.170. The van der Waals surface area contributed by atoms with Crippen molar-refractivity contribution >= 4 is 31.9 Å². The van der Waals surface area contributed by atoms with Crippen molar-refractivity contribution < 1.29 is 10.2 Å². The zero-order chi connectivity index (χ0) is 16.6. The van der Waals surface area contributed by atoms with E-state index in [0.29, 0.717) is 23.3 Å². The van der Waals surface area contributed by atoms with Crippen LogP contribution < -0.4 is 0 Å². The highest BCUT2D eigenvalue weighted by Crippen LogP contribution is 2.67. The van der Waals surface area contributed by atoms with Crippen LogP contribution in [0.1, 0.15) is 41.5 Å². The van der Waals surface area contributed by atoms with Gasteiger partial charge in [0, 0.05) is 25.5 Å². The van der Waals surface area contributed by atoms with E-state index in [0.717, 1.165) is 45.8 Å². The van der Waals surface area contributed by atoms with E-state index < -0.39 is 0 Å². The van der Waals surface area contributed by atoms with Gasteiger partial charge in [-0.05, 0) is 72.9 Å². The third-order valence-corrected chi connectivity index (χ3v) is 8.07. The minimum absolute atomic E-state index is 0.232. The first-order valence-electron chi connectivity index (χ1n) is 8.56. The number of fused-ring (bicyclic) bond motifs is 2. The summed E-state index contributed by atoms with van der Waals surface area (Å²) in [5, 5.41) is 21.6. The molecule has 24 heavy (non-hydrogen) atoms. The van der Waals surface area contributed by atoms with Crippen LogP contribution in [0.2, 0.25) is 0 Å². The fourth-order valence-electron chi connectivity index (χ4n) is 5.90. The molecule has 0 bridgehead atoms. The van der Waals surface area contributed by atoms with Crippen molar-refractivity contribution in [2.24, 2.45) is 11.8 Å². The Labute approximate surface area is 158 Å². The Kier molecular flexibility index (Phi) is 3.19. The number of phenols is 2. The molecule has 0 heterocycles. The van der Waals surface area contributed by atoms with Gasteiger partial charge in [0.1, 0.15) is 11.5 Å². The molecule has 124 valence electrons. The molecule has 2 aromatic rings. The summed E-state index contributed by atoms with van der Waals surface area (Å²) in [6.07, 6.45) is 5.50. The molecule has 1 spiro atoms. The largest absolute Gasteiger partial charge is 0.508 e. The molecule has 1 saturated carbocycles. The van der Waals surface area contributed by atoms with Gasteiger partial charge in [-0.2, -0.15) is 0 Å². The van der Waals surface area contributed by atoms with Crippen LogP contribution in [0.15, 0.2) is 33.2 Å².